The number of aromatic hydroxyl groups is 3. The van der Waals surface area contributed by atoms with E-state index in [9.17, 15) is 15.0 Å². The summed E-state index contributed by atoms with van der Waals surface area (Å²) in [6.45, 7) is 0. The van der Waals surface area contributed by atoms with Crippen LogP contribution < -0.4 is 5.43 Å². The van der Waals surface area contributed by atoms with E-state index in [0.717, 1.165) is 0 Å². The first-order valence-corrected chi connectivity index (χ1v) is 5.71. The molecule has 20 heavy (non-hydrogen) atoms. The highest BCUT2D eigenvalue weighted by Gasteiger charge is 2.05. The first-order valence-electron chi connectivity index (χ1n) is 5.71. The minimum Gasteiger partial charge on any atom is -0.508 e. The highest BCUT2D eigenvalue weighted by atomic mass is 16.3. The van der Waals surface area contributed by atoms with Gasteiger partial charge in [-0.2, -0.15) is 5.10 Å². The largest absolute Gasteiger partial charge is 0.508 e. The zero-order valence-electron chi connectivity index (χ0n) is 10.3. The molecule has 0 spiro atoms. The van der Waals surface area contributed by atoms with Crippen molar-refractivity contribution in [2.24, 2.45) is 5.10 Å². The number of phenols is 3. The van der Waals surface area contributed by atoms with Gasteiger partial charge in [-0.05, 0) is 36.4 Å². The number of carbonyl (C=O) groups is 1. The summed E-state index contributed by atoms with van der Waals surface area (Å²) in [5, 5.41) is 31.6. The molecule has 0 aliphatic heterocycles. The number of nitrogens with one attached hydrogen (secondary N) is 1. The first kappa shape index (κ1) is 13.4. The second kappa shape index (κ2) is 5.75. The van der Waals surface area contributed by atoms with E-state index in [1.807, 2.05) is 0 Å². The van der Waals surface area contributed by atoms with Gasteiger partial charge in [0.15, 0.2) is 11.5 Å². The lowest BCUT2D eigenvalue weighted by Gasteiger charge is -2.02. The summed E-state index contributed by atoms with van der Waals surface area (Å²) in [6, 6.07) is 10.1. The van der Waals surface area contributed by atoms with Gasteiger partial charge < -0.3 is 15.3 Å². The Balaban J connectivity index is 2.04. The van der Waals surface area contributed by atoms with Crippen molar-refractivity contribution in [3.8, 4) is 17.2 Å². The lowest BCUT2D eigenvalue weighted by molar-refractivity contribution is 0.0955. The number of benzene rings is 2. The zero-order valence-corrected chi connectivity index (χ0v) is 10.3. The number of nitrogens with zero attached hydrogens (tertiary/aromatic N) is 1. The van der Waals surface area contributed by atoms with Gasteiger partial charge in [0.1, 0.15) is 5.75 Å². The number of phenolic OH excluding ortho intramolecular Hbond substituents is 3. The molecule has 4 N–H and O–H groups in total. The molecule has 0 saturated carbocycles. The predicted octanol–water partition coefficient (Wildman–Crippen LogP) is 1.57. The van der Waals surface area contributed by atoms with Gasteiger partial charge in [-0.25, -0.2) is 5.43 Å². The molecule has 0 unspecified atom stereocenters. The van der Waals surface area contributed by atoms with Crippen molar-refractivity contribution in [1.82, 2.24) is 5.43 Å². The third-order valence-corrected chi connectivity index (χ3v) is 2.55. The Bertz CT molecular complexity index is 651. The van der Waals surface area contributed by atoms with Gasteiger partial charge in [-0.15, -0.1) is 0 Å². The van der Waals surface area contributed by atoms with Gasteiger partial charge in [0, 0.05) is 11.1 Å². The fraction of sp³-hybridized carbons (Fsp3) is 0. The van der Waals surface area contributed by atoms with Crippen LogP contribution in [0.5, 0.6) is 17.2 Å². The Morgan fingerprint density at radius 3 is 2.45 bits per heavy atom. The first-order chi connectivity index (χ1) is 9.58. The van der Waals surface area contributed by atoms with E-state index >= 15 is 0 Å². The fourth-order valence-electron chi connectivity index (χ4n) is 1.49. The maximum atomic E-state index is 11.7. The van der Waals surface area contributed by atoms with Gasteiger partial charge in [0.05, 0.1) is 6.21 Å². The lowest BCUT2D eigenvalue weighted by atomic mass is 10.2. The Morgan fingerprint density at radius 2 is 1.75 bits per heavy atom. The van der Waals surface area contributed by atoms with Crippen LogP contribution in [0.25, 0.3) is 0 Å². The average molecular weight is 272 g/mol. The molecule has 102 valence electrons. The fourth-order valence-corrected chi connectivity index (χ4v) is 1.49. The van der Waals surface area contributed by atoms with Gasteiger partial charge in [0.2, 0.25) is 0 Å². The van der Waals surface area contributed by atoms with Crippen LogP contribution in [0.2, 0.25) is 0 Å². The van der Waals surface area contributed by atoms with Crippen LogP contribution in [0.3, 0.4) is 0 Å². The lowest BCUT2D eigenvalue weighted by Crippen LogP contribution is -2.17. The summed E-state index contributed by atoms with van der Waals surface area (Å²) in [7, 11) is 0. The monoisotopic (exact) mass is 272 g/mol. The Labute approximate surface area is 114 Å². The summed E-state index contributed by atoms with van der Waals surface area (Å²) in [6.07, 6.45) is 1.22. The third-order valence-electron chi connectivity index (χ3n) is 2.55. The second-order valence-electron chi connectivity index (χ2n) is 3.96. The van der Waals surface area contributed by atoms with Crippen LogP contribution >= 0.6 is 0 Å². The van der Waals surface area contributed by atoms with Crippen LogP contribution in [0.4, 0.5) is 0 Å². The number of amides is 1. The molecule has 6 heteroatoms. The molecule has 0 atom stereocenters. The molecule has 2 aromatic rings. The molecule has 0 aliphatic carbocycles. The number of para-hydroxylation sites is 1. The van der Waals surface area contributed by atoms with E-state index in [4.69, 9.17) is 5.11 Å². The number of hydrogen-bond acceptors (Lipinski definition) is 5. The highest BCUT2D eigenvalue weighted by Crippen LogP contribution is 2.26. The van der Waals surface area contributed by atoms with Crippen molar-refractivity contribution in [2.75, 3.05) is 0 Å². The molecule has 0 aromatic heterocycles. The number of hydrogen-bond donors (Lipinski definition) is 4. The quantitative estimate of drug-likeness (QED) is 0.387. The summed E-state index contributed by atoms with van der Waals surface area (Å²) >= 11 is 0. The molecule has 2 rings (SSSR count). The second-order valence-corrected chi connectivity index (χ2v) is 3.96. The maximum Gasteiger partial charge on any atom is 0.271 e. The van der Waals surface area contributed by atoms with E-state index in [1.54, 1.807) is 0 Å². The van der Waals surface area contributed by atoms with Crippen molar-refractivity contribution in [1.29, 1.82) is 0 Å². The maximum absolute atomic E-state index is 11.7. The van der Waals surface area contributed by atoms with Crippen LogP contribution in [-0.4, -0.2) is 27.4 Å². The van der Waals surface area contributed by atoms with E-state index in [2.05, 4.69) is 10.5 Å². The third kappa shape index (κ3) is 3.05. The standard InChI is InChI=1S/C14H12N2O4/c17-11-6-4-9(5-7-11)14(20)16-15-8-10-2-1-3-12(18)13(10)19/h1-8,17-19H,(H,16,20)/b15-8+. The van der Waals surface area contributed by atoms with Crippen LogP contribution in [0.15, 0.2) is 47.6 Å². The van der Waals surface area contributed by atoms with Crippen molar-refractivity contribution in [2.45, 2.75) is 0 Å². The van der Waals surface area contributed by atoms with Gasteiger partial charge in [0.25, 0.3) is 5.91 Å². The normalized spacial score (nSPS) is 10.6. The van der Waals surface area contributed by atoms with Crippen molar-refractivity contribution in [3.63, 3.8) is 0 Å². The van der Waals surface area contributed by atoms with Crippen molar-refractivity contribution < 1.29 is 20.1 Å². The van der Waals surface area contributed by atoms with E-state index in [1.165, 1.54) is 48.7 Å². The van der Waals surface area contributed by atoms with Gasteiger partial charge >= 0.3 is 0 Å². The van der Waals surface area contributed by atoms with E-state index in [0.29, 0.717) is 5.56 Å². The molecule has 0 radical (unpaired) electrons. The minimum atomic E-state index is -0.458. The summed E-state index contributed by atoms with van der Waals surface area (Å²) in [5.74, 6) is -0.968. The van der Waals surface area contributed by atoms with E-state index in [-0.39, 0.29) is 22.8 Å². The number of rotatable bonds is 3. The Kier molecular flexibility index (Phi) is 3.85. The predicted molar refractivity (Wildman–Crippen MR) is 72.9 cm³/mol. The molecule has 0 heterocycles. The summed E-state index contributed by atoms with van der Waals surface area (Å²) in [5.41, 5.74) is 2.88. The zero-order chi connectivity index (χ0) is 14.5. The van der Waals surface area contributed by atoms with Gasteiger partial charge in [-0.1, -0.05) is 6.07 Å². The molecule has 0 bridgehead atoms. The van der Waals surface area contributed by atoms with E-state index < -0.39 is 5.91 Å². The molecule has 6 nitrogen and oxygen atoms in total. The van der Waals surface area contributed by atoms with Crippen molar-refractivity contribution in [3.05, 3.63) is 53.6 Å². The van der Waals surface area contributed by atoms with Crippen LogP contribution in [0, 0.1) is 0 Å². The molecular formula is C14H12N2O4. The van der Waals surface area contributed by atoms with Crippen LogP contribution in [-0.2, 0) is 0 Å². The molecule has 2 aromatic carbocycles. The smallest absolute Gasteiger partial charge is 0.271 e. The van der Waals surface area contributed by atoms with Crippen molar-refractivity contribution >= 4 is 12.1 Å². The molecular weight excluding hydrogens is 260 g/mol. The highest BCUT2D eigenvalue weighted by molar-refractivity contribution is 5.95. The number of hydrazone groups is 1. The Morgan fingerprint density at radius 1 is 1.05 bits per heavy atom. The SMILES string of the molecule is O=C(N/N=C/c1cccc(O)c1O)c1ccc(O)cc1. The van der Waals surface area contributed by atoms with Crippen LogP contribution in [0.1, 0.15) is 15.9 Å². The summed E-state index contributed by atoms with van der Waals surface area (Å²) in [4.78, 5) is 11.7. The molecule has 0 saturated heterocycles. The average Bonchev–Trinajstić information content (AvgIpc) is 2.44. The number of carbonyl (C=O) groups excluding carboxylic acids is 1. The Hall–Kier alpha value is -3.02. The molecule has 0 fully saturated rings. The topological polar surface area (TPSA) is 102 Å². The van der Waals surface area contributed by atoms with Gasteiger partial charge in [-0.3, -0.25) is 4.79 Å². The molecule has 0 aliphatic rings. The summed E-state index contributed by atoms with van der Waals surface area (Å²) < 4.78 is 0. The minimum absolute atomic E-state index is 0.0646. The molecule has 1 amide bonds.